The van der Waals surface area contributed by atoms with Crippen LogP contribution in [0.5, 0.6) is 0 Å². The summed E-state index contributed by atoms with van der Waals surface area (Å²) in [7, 11) is 0. The minimum atomic E-state index is -0.389. The van der Waals surface area contributed by atoms with E-state index < -0.39 is 0 Å². The summed E-state index contributed by atoms with van der Waals surface area (Å²) in [6, 6.07) is 8.98. The maximum Gasteiger partial charge on any atom is 0.410 e. The first-order chi connectivity index (χ1) is 15.6. The van der Waals surface area contributed by atoms with Gasteiger partial charge in [0.05, 0.1) is 23.5 Å². The van der Waals surface area contributed by atoms with Crippen LogP contribution in [-0.4, -0.2) is 28.4 Å². The Kier molecular flexibility index (Phi) is 6.68. The van der Waals surface area contributed by atoms with Gasteiger partial charge in [-0.25, -0.2) is 4.79 Å². The van der Waals surface area contributed by atoms with Gasteiger partial charge in [0.15, 0.2) is 0 Å². The molecule has 3 aromatic rings. The molecule has 1 aliphatic heterocycles. The van der Waals surface area contributed by atoms with Crippen molar-refractivity contribution in [1.82, 2.24) is 9.88 Å². The molecule has 1 aliphatic rings. The topological polar surface area (TPSA) is 84.7 Å². The van der Waals surface area contributed by atoms with Gasteiger partial charge in [-0.15, -0.1) is 23.7 Å². The normalized spacial score (nSPS) is 12.9. The molecule has 0 atom stereocenters. The Morgan fingerprint density at radius 2 is 2.25 bits per heavy atom. The molecule has 3 aromatic heterocycles. The largest absolute Gasteiger partial charge is 0.465 e. The molecule has 0 aliphatic carbocycles. The highest BCUT2D eigenvalue weighted by Crippen LogP contribution is 2.37. The van der Waals surface area contributed by atoms with Gasteiger partial charge in [0.25, 0.3) is 0 Å². The molecular weight excluding hydrogens is 426 g/mol. The van der Waals surface area contributed by atoms with Crippen LogP contribution in [0.15, 0.2) is 53.3 Å². The molecule has 8 heteroatoms. The van der Waals surface area contributed by atoms with Crippen molar-refractivity contribution >= 4 is 34.4 Å². The average Bonchev–Trinajstić information content (AvgIpc) is 3.45. The second-order valence-electron chi connectivity index (χ2n) is 7.08. The predicted molar refractivity (Wildman–Crippen MR) is 122 cm³/mol. The first-order valence-corrected chi connectivity index (χ1v) is 10.9. The minimum Gasteiger partial charge on any atom is -0.465 e. The smallest absolute Gasteiger partial charge is 0.410 e. The summed E-state index contributed by atoms with van der Waals surface area (Å²) in [5.41, 5.74) is 2.74. The molecule has 4 heterocycles. The standard InChI is InChI=1S/C24H21N3O4S/c1-2-6-20-19-11-13-27(24(29)31-16-17-7-3-4-12-25-17)15-21(19)32-23(20)26-22(28)10-9-18-8-5-14-30-18/h1,3-5,7-10,12,14H,6,11,13,15-16H2,(H,26,28)/b10-9+. The molecule has 0 spiro atoms. The van der Waals surface area contributed by atoms with Gasteiger partial charge in [-0.2, -0.15) is 0 Å². The summed E-state index contributed by atoms with van der Waals surface area (Å²) in [5, 5.41) is 3.63. The molecule has 0 unspecified atom stereocenters. The molecule has 0 fully saturated rings. The van der Waals surface area contributed by atoms with E-state index >= 15 is 0 Å². The molecular formula is C24H21N3O4S. The van der Waals surface area contributed by atoms with Crippen molar-refractivity contribution in [2.24, 2.45) is 0 Å². The van der Waals surface area contributed by atoms with Gasteiger partial charge in [-0.05, 0) is 42.3 Å². The molecule has 162 valence electrons. The van der Waals surface area contributed by atoms with Crippen LogP contribution in [0.2, 0.25) is 0 Å². The van der Waals surface area contributed by atoms with Crippen LogP contribution in [0.4, 0.5) is 9.80 Å². The Hall–Kier alpha value is -3.83. The molecule has 7 nitrogen and oxygen atoms in total. The lowest BCUT2D eigenvalue weighted by atomic mass is 10.0. The summed E-state index contributed by atoms with van der Waals surface area (Å²) in [6.45, 7) is 1.06. The number of ether oxygens (including phenoxy) is 1. The summed E-state index contributed by atoms with van der Waals surface area (Å²) in [4.78, 5) is 31.7. The van der Waals surface area contributed by atoms with Crippen molar-refractivity contribution in [3.63, 3.8) is 0 Å². The van der Waals surface area contributed by atoms with Crippen molar-refractivity contribution < 1.29 is 18.7 Å². The number of carbonyl (C=O) groups is 2. The number of anilines is 1. The number of hydrogen-bond donors (Lipinski definition) is 1. The van der Waals surface area contributed by atoms with Gasteiger partial charge in [-0.3, -0.25) is 9.78 Å². The summed E-state index contributed by atoms with van der Waals surface area (Å²) in [6.07, 6.45) is 12.5. The Bertz CT molecular complexity index is 1160. The number of amides is 2. The lowest BCUT2D eigenvalue weighted by Crippen LogP contribution is -2.35. The quantitative estimate of drug-likeness (QED) is 0.451. The van der Waals surface area contributed by atoms with Crippen LogP contribution in [0.1, 0.15) is 27.5 Å². The van der Waals surface area contributed by atoms with Gasteiger partial charge >= 0.3 is 6.09 Å². The second kappa shape index (κ2) is 9.98. The van der Waals surface area contributed by atoms with Gasteiger partial charge in [0, 0.05) is 35.7 Å². The summed E-state index contributed by atoms with van der Waals surface area (Å²) < 4.78 is 10.6. The maximum absolute atomic E-state index is 12.5. The Labute approximate surface area is 189 Å². The third-order valence-corrected chi connectivity index (χ3v) is 6.13. The Morgan fingerprint density at radius 1 is 1.34 bits per heavy atom. The lowest BCUT2D eigenvalue weighted by molar-refractivity contribution is -0.111. The fourth-order valence-electron chi connectivity index (χ4n) is 3.42. The van der Waals surface area contributed by atoms with Crippen molar-refractivity contribution in [2.45, 2.75) is 26.0 Å². The van der Waals surface area contributed by atoms with Crippen LogP contribution in [0.25, 0.3) is 6.08 Å². The van der Waals surface area contributed by atoms with E-state index in [0.717, 1.165) is 16.0 Å². The van der Waals surface area contributed by atoms with Crippen molar-refractivity contribution in [2.75, 3.05) is 11.9 Å². The average molecular weight is 448 g/mol. The number of fused-ring (bicyclic) bond motifs is 1. The van der Waals surface area contributed by atoms with Gasteiger partial charge in [0.2, 0.25) is 5.91 Å². The highest BCUT2D eigenvalue weighted by molar-refractivity contribution is 7.16. The maximum atomic E-state index is 12.5. The summed E-state index contributed by atoms with van der Waals surface area (Å²) in [5.74, 6) is 2.99. The summed E-state index contributed by atoms with van der Waals surface area (Å²) >= 11 is 1.44. The zero-order chi connectivity index (χ0) is 22.3. The predicted octanol–water partition coefficient (Wildman–Crippen LogP) is 4.26. The SMILES string of the molecule is C#CCc1c(NC(=O)/C=C/c2ccco2)sc2c1CCN(C(=O)OCc1ccccn1)C2. The zero-order valence-electron chi connectivity index (χ0n) is 17.2. The molecule has 0 saturated carbocycles. The van der Waals surface area contributed by atoms with E-state index in [0.29, 0.717) is 42.4 Å². The van der Waals surface area contributed by atoms with Crippen LogP contribution in [-0.2, 0) is 35.5 Å². The minimum absolute atomic E-state index is 0.124. The van der Waals surface area contributed by atoms with Crippen LogP contribution >= 0.6 is 11.3 Å². The number of rotatable bonds is 6. The third-order valence-electron chi connectivity index (χ3n) is 4.95. The van der Waals surface area contributed by atoms with Gasteiger partial charge < -0.3 is 19.4 Å². The number of nitrogens with zero attached hydrogens (tertiary/aromatic N) is 2. The van der Waals surface area contributed by atoms with E-state index in [1.165, 1.54) is 17.4 Å². The first-order valence-electron chi connectivity index (χ1n) is 10.0. The lowest BCUT2D eigenvalue weighted by Gasteiger charge is -2.26. The van der Waals surface area contributed by atoms with Crippen molar-refractivity contribution in [1.29, 1.82) is 0 Å². The molecule has 4 rings (SSSR count). The van der Waals surface area contributed by atoms with Crippen LogP contribution < -0.4 is 5.32 Å². The van der Waals surface area contributed by atoms with Gasteiger partial charge in [0.1, 0.15) is 12.4 Å². The van der Waals surface area contributed by atoms with Crippen LogP contribution in [0.3, 0.4) is 0 Å². The number of terminal acetylenes is 1. The van der Waals surface area contributed by atoms with E-state index in [1.807, 2.05) is 18.2 Å². The van der Waals surface area contributed by atoms with E-state index in [-0.39, 0.29) is 18.6 Å². The number of aromatic nitrogens is 1. The monoisotopic (exact) mass is 447 g/mol. The van der Waals surface area contributed by atoms with Crippen molar-refractivity contribution in [3.05, 3.63) is 76.3 Å². The van der Waals surface area contributed by atoms with E-state index in [9.17, 15) is 9.59 Å². The highest BCUT2D eigenvalue weighted by Gasteiger charge is 2.27. The third kappa shape index (κ3) is 5.07. The molecule has 32 heavy (non-hydrogen) atoms. The van der Waals surface area contributed by atoms with Crippen LogP contribution in [0, 0.1) is 12.3 Å². The second-order valence-corrected chi connectivity index (χ2v) is 8.18. The van der Waals surface area contributed by atoms with Gasteiger partial charge in [-0.1, -0.05) is 6.07 Å². The number of thiophene rings is 1. The van der Waals surface area contributed by atoms with E-state index in [1.54, 1.807) is 35.6 Å². The van der Waals surface area contributed by atoms with E-state index in [4.69, 9.17) is 15.6 Å². The zero-order valence-corrected chi connectivity index (χ0v) is 18.1. The first kappa shape index (κ1) is 21.4. The molecule has 1 N–H and O–H groups in total. The molecule has 0 radical (unpaired) electrons. The highest BCUT2D eigenvalue weighted by atomic mass is 32.1. The number of carbonyl (C=O) groups excluding carboxylic acids is 2. The number of nitrogens with one attached hydrogen (secondary N) is 1. The Morgan fingerprint density at radius 3 is 3.00 bits per heavy atom. The molecule has 0 bridgehead atoms. The fourth-order valence-corrected chi connectivity index (χ4v) is 4.71. The molecule has 2 amide bonds. The molecule has 0 saturated heterocycles. The van der Waals surface area contributed by atoms with Crippen molar-refractivity contribution in [3.8, 4) is 12.3 Å². The number of hydrogen-bond acceptors (Lipinski definition) is 6. The van der Waals surface area contributed by atoms with E-state index in [2.05, 4.69) is 16.2 Å². The number of furan rings is 1. The fraction of sp³-hybridized carbons (Fsp3) is 0.208. The Balaban J connectivity index is 1.43. The molecule has 0 aromatic carbocycles. The number of pyridine rings is 1.